The van der Waals surface area contributed by atoms with E-state index in [1.165, 1.54) is 18.2 Å². The van der Waals surface area contributed by atoms with Crippen LogP contribution in [0, 0.1) is 23.7 Å². The number of unbranched alkanes of at least 4 members (excludes halogenated alkanes) is 2. The van der Waals surface area contributed by atoms with E-state index >= 15 is 0 Å². The molecule has 0 amide bonds. The van der Waals surface area contributed by atoms with Crippen molar-refractivity contribution in [1.29, 1.82) is 0 Å². The summed E-state index contributed by atoms with van der Waals surface area (Å²) < 4.78 is 4.61. The first-order chi connectivity index (χ1) is 28.5. The first-order valence-electron chi connectivity index (χ1n) is 21.9. The van der Waals surface area contributed by atoms with Gasteiger partial charge in [-0.05, 0) is 93.6 Å². The molecule has 2 fully saturated rings. The zero-order chi connectivity index (χ0) is 42.8. The molecule has 0 heterocycles. The summed E-state index contributed by atoms with van der Waals surface area (Å²) in [4.78, 5) is 22.6. The Morgan fingerprint density at radius 1 is 0.650 bits per heavy atom. The molecule has 2 aliphatic carbocycles. The lowest BCUT2D eigenvalue weighted by atomic mass is 9.89. The summed E-state index contributed by atoms with van der Waals surface area (Å²) in [6, 6.07) is 20.1. The number of ketones is 1. The number of hydrogen-bond donors (Lipinski definition) is 6. The van der Waals surface area contributed by atoms with Gasteiger partial charge in [-0.25, -0.2) is 0 Å². The van der Waals surface area contributed by atoms with E-state index < -0.39 is 36.6 Å². The minimum Gasteiger partial charge on any atom is -0.469 e. The predicted molar refractivity (Wildman–Crippen MR) is 241 cm³/mol. The Bertz CT molecular complexity index is 1550. The number of carbonyl (C=O) groups is 2. The number of carbonyl (C=O) groups excluding carboxylic acids is 2. The van der Waals surface area contributed by atoms with Crippen LogP contribution in [0.15, 0.2) is 109 Å². The normalized spacial score (nSPS) is 25.1. The van der Waals surface area contributed by atoms with Crippen LogP contribution in [0.1, 0.15) is 115 Å². The average molecular weight is 833 g/mol. The van der Waals surface area contributed by atoms with Gasteiger partial charge in [0, 0.05) is 43.9 Å². The average Bonchev–Trinajstić information content (AvgIpc) is 3.67. The highest BCUT2D eigenvalue weighted by atomic mass is 16.5. The van der Waals surface area contributed by atoms with Gasteiger partial charge in [0.15, 0.2) is 0 Å². The van der Waals surface area contributed by atoms with Crippen LogP contribution in [-0.2, 0) is 27.2 Å². The van der Waals surface area contributed by atoms with Gasteiger partial charge in [-0.3, -0.25) is 9.59 Å². The number of allylic oxidation sites excluding steroid dienone is 4. The van der Waals surface area contributed by atoms with Crippen molar-refractivity contribution in [3.8, 4) is 0 Å². The Balaban J connectivity index is 0.000000407. The van der Waals surface area contributed by atoms with Crippen LogP contribution >= 0.6 is 0 Å². The number of rotatable bonds is 24. The smallest absolute Gasteiger partial charge is 0.305 e. The fourth-order valence-electron chi connectivity index (χ4n) is 8.07. The molecular weight excluding hydrogens is 757 g/mol. The zero-order valence-electron chi connectivity index (χ0n) is 35.4. The van der Waals surface area contributed by atoms with Crippen molar-refractivity contribution in [2.45, 2.75) is 154 Å². The Morgan fingerprint density at radius 3 is 1.50 bits per heavy atom. The Kier molecular flexibility index (Phi) is 26.5. The van der Waals surface area contributed by atoms with Gasteiger partial charge in [-0.2, -0.15) is 0 Å². The number of benzene rings is 2. The van der Waals surface area contributed by atoms with E-state index in [-0.39, 0.29) is 37.1 Å². The number of hydrogen-bond acceptors (Lipinski definition) is 9. The molecule has 0 saturated heterocycles. The summed E-state index contributed by atoms with van der Waals surface area (Å²) >= 11 is 0. The van der Waals surface area contributed by atoms with Gasteiger partial charge in [0.2, 0.25) is 0 Å². The van der Waals surface area contributed by atoms with Crippen LogP contribution in [0.5, 0.6) is 0 Å². The summed E-state index contributed by atoms with van der Waals surface area (Å²) in [6.45, 7) is 2.02. The van der Waals surface area contributed by atoms with Gasteiger partial charge in [-0.1, -0.05) is 124 Å². The highest BCUT2D eigenvalue weighted by Gasteiger charge is 2.40. The van der Waals surface area contributed by atoms with Gasteiger partial charge >= 0.3 is 5.97 Å². The lowest BCUT2D eigenvalue weighted by molar-refractivity contribution is -0.140. The lowest BCUT2D eigenvalue weighted by Gasteiger charge is -2.19. The molecule has 334 valence electrons. The molecule has 0 bridgehead atoms. The van der Waals surface area contributed by atoms with Crippen LogP contribution in [0.3, 0.4) is 0 Å². The second-order valence-corrected chi connectivity index (χ2v) is 16.2. The van der Waals surface area contributed by atoms with Crippen molar-refractivity contribution in [3.05, 3.63) is 120 Å². The maximum atomic E-state index is 11.5. The minimum absolute atomic E-state index is 0. The highest BCUT2D eigenvalue weighted by Crippen LogP contribution is 2.37. The van der Waals surface area contributed by atoms with Gasteiger partial charge in [-0.15, -0.1) is 0 Å². The molecular formula is C51H76O9. The number of aliphatic hydroxyl groups is 6. The van der Waals surface area contributed by atoms with Crippen LogP contribution in [-0.4, -0.2) is 86.1 Å². The van der Waals surface area contributed by atoms with Crippen LogP contribution in [0.25, 0.3) is 0 Å². The third-order valence-electron chi connectivity index (χ3n) is 11.6. The number of ether oxygens (including phenoxy) is 1. The van der Waals surface area contributed by atoms with Crippen molar-refractivity contribution in [2.75, 3.05) is 7.11 Å². The van der Waals surface area contributed by atoms with E-state index in [1.807, 2.05) is 79.8 Å². The number of Topliss-reactive ketones (excluding diaryl/α,β-unsaturated/α-hetero) is 1. The fraction of sp³-hybridized carbons (Fsp3) is 0.569. The zero-order valence-corrected chi connectivity index (χ0v) is 35.4. The van der Waals surface area contributed by atoms with Crippen molar-refractivity contribution in [1.82, 2.24) is 0 Å². The number of methoxy groups -OCH3 is 1. The SMILES string of the molecule is C.CCCC(=O)CCC/C=C\C[C@@H]1[C@@H](/C=C/[C@@H](O)CCc2ccccc2)[C@H](O)C[C@@H]1O.COC(=O)CCC/C=C\C[C@@H]1[C@@H](/C=C/[C@@H](O)CCc2ccccc2)[C@H](O)C[C@@H]1O. The van der Waals surface area contributed by atoms with Crippen molar-refractivity contribution in [3.63, 3.8) is 0 Å². The largest absolute Gasteiger partial charge is 0.469 e. The third-order valence-corrected chi connectivity index (χ3v) is 11.6. The number of esters is 1. The monoisotopic (exact) mass is 833 g/mol. The molecule has 9 heteroatoms. The summed E-state index contributed by atoms with van der Waals surface area (Å²) in [5, 5.41) is 61.9. The number of aliphatic hydroxyl groups excluding tert-OH is 6. The molecule has 60 heavy (non-hydrogen) atoms. The highest BCUT2D eigenvalue weighted by molar-refractivity contribution is 5.78. The van der Waals surface area contributed by atoms with E-state index in [0.29, 0.717) is 63.6 Å². The number of aryl methyl sites for hydroxylation is 2. The maximum absolute atomic E-state index is 11.5. The van der Waals surface area contributed by atoms with Crippen molar-refractivity contribution in [2.24, 2.45) is 23.7 Å². The van der Waals surface area contributed by atoms with E-state index in [9.17, 15) is 40.2 Å². The summed E-state index contributed by atoms with van der Waals surface area (Å²) in [5.74, 6) is -0.312. The molecule has 10 atom stereocenters. The lowest BCUT2D eigenvalue weighted by Crippen LogP contribution is -2.20. The maximum Gasteiger partial charge on any atom is 0.305 e. The summed E-state index contributed by atoms with van der Waals surface area (Å²) in [6.07, 6.45) is 22.8. The molecule has 6 N–H and O–H groups in total. The molecule has 0 radical (unpaired) electrons. The first kappa shape index (κ1) is 52.4. The molecule has 9 nitrogen and oxygen atoms in total. The Labute approximate surface area is 360 Å². The van der Waals surface area contributed by atoms with Crippen LogP contribution in [0.4, 0.5) is 0 Å². The van der Waals surface area contributed by atoms with Crippen LogP contribution in [0.2, 0.25) is 0 Å². The molecule has 0 spiro atoms. The van der Waals surface area contributed by atoms with E-state index in [1.54, 1.807) is 12.2 Å². The van der Waals surface area contributed by atoms with E-state index in [2.05, 4.69) is 29.0 Å². The standard InChI is InChI=1S/C26H38O4.C24H34O5.CH4/c1-2-10-21(27)13-8-3-4-9-14-23-24(26(30)19-25(23)29)18-17-22(28)16-15-20-11-6-5-7-12-20;1-29-24(28)12-8-3-2-7-11-20-21(23(27)17-22(20)26)16-15-19(25)14-13-18-9-5-4-6-10-18;/h4-7,9,11-12,17-18,22-26,28-30H,2-3,8,10,13-16,19H2,1H3;2,4-7,9-10,15-16,19-23,25-27H,3,8,11-14,17H2,1H3;1H4/b9-4-,18-17+;7-2-,16-15+;/t22-,23+,24+,25-,26+;19-,20+,21+,22-,23+;/m00./s1. The van der Waals surface area contributed by atoms with E-state index in [4.69, 9.17) is 0 Å². The molecule has 0 aliphatic heterocycles. The summed E-state index contributed by atoms with van der Waals surface area (Å²) in [7, 11) is 1.39. The second-order valence-electron chi connectivity index (χ2n) is 16.2. The fourth-order valence-corrected chi connectivity index (χ4v) is 8.07. The van der Waals surface area contributed by atoms with Gasteiger partial charge in [0.1, 0.15) is 5.78 Å². The van der Waals surface area contributed by atoms with Gasteiger partial charge in [0.05, 0.1) is 43.7 Å². The predicted octanol–water partition coefficient (Wildman–Crippen LogP) is 8.20. The third kappa shape index (κ3) is 20.2. The quantitative estimate of drug-likeness (QED) is 0.0348. The minimum atomic E-state index is -0.597. The van der Waals surface area contributed by atoms with Crippen molar-refractivity contribution < 1.29 is 45.0 Å². The Hall–Kier alpha value is -3.70. The summed E-state index contributed by atoms with van der Waals surface area (Å²) in [5.41, 5.74) is 2.38. The Morgan fingerprint density at radius 2 is 1.08 bits per heavy atom. The molecule has 0 aromatic heterocycles. The molecule has 2 aromatic carbocycles. The molecule has 2 saturated carbocycles. The first-order valence-corrected chi connectivity index (χ1v) is 21.9. The van der Waals surface area contributed by atoms with Crippen LogP contribution < -0.4 is 0 Å². The molecule has 0 unspecified atom stereocenters. The molecule has 2 aromatic rings. The topological polar surface area (TPSA) is 165 Å². The van der Waals surface area contributed by atoms with E-state index in [0.717, 1.165) is 44.9 Å². The molecule has 2 aliphatic rings. The molecule has 4 rings (SSSR count). The van der Waals surface area contributed by atoms with Gasteiger partial charge in [0.25, 0.3) is 0 Å². The second kappa shape index (κ2) is 30.3. The van der Waals surface area contributed by atoms with Gasteiger partial charge < -0.3 is 35.4 Å². The van der Waals surface area contributed by atoms with Crippen molar-refractivity contribution >= 4 is 11.8 Å².